The zero-order chi connectivity index (χ0) is 24.3. The number of carbonyl (C=O) groups excluding carboxylic acids is 2. The SMILES string of the molecule is CC(=O)Oc1cccc([C@@]23CCN(C)C[C@H]2CC[C@H](N(CC(C)C)C(=O)c2ccccc2)C3)c1. The van der Waals surface area contributed by atoms with Gasteiger partial charge in [0.05, 0.1) is 0 Å². The first-order chi connectivity index (χ1) is 16.3. The summed E-state index contributed by atoms with van der Waals surface area (Å²) in [5.74, 6) is 1.36. The molecule has 0 spiro atoms. The van der Waals surface area contributed by atoms with Crippen molar-refractivity contribution < 1.29 is 14.3 Å². The van der Waals surface area contributed by atoms with Gasteiger partial charge in [0.2, 0.25) is 0 Å². The fourth-order valence-electron chi connectivity index (χ4n) is 6.13. The fourth-order valence-corrected chi connectivity index (χ4v) is 6.13. The van der Waals surface area contributed by atoms with Crippen molar-refractivity contribution in [1.82, 2.24) is 9.80 Å². The Morgan fingerprint density at radius 1 is 1.12 bits per heavy atom. The number of likely N-dealkylation sites (tertiary alicyclic amines) is 1. The number of esters is 1. The molecule has 1 aliphatic carbocycles. The third-order valence-corrected chi connectivity index (χ3v) is 7.66. The predicted molar refractivity (Wildman–Crippen MR) is 135 cm³/mol. The van der Waals surface area contributed by atoms with Crippen molar-refractivity contribution in [2.24, 2.45) is 11.8 Å². The first-order valence-electron chi connectivity index (χ1n) is 12.6. The Morgan fingerprint density at radius 2 is 1.88 bits per heavy atom. The number of nitrogens with zero attached hydrogens (tertiary/aromatic N) is 2. The first kappa shape index (κ1) is 24.5. The summed E-state index contributed by atoms with van der Waals surface area (Å²) in [7, 11) is 2.20. The maximum atomic E-state index is 13.7. The van der Waals surface area contributed by atoms with E-state index in [1.54, 1.807) is 0 Å². The molecule has 1 aliphatic heterocycles. The van der Waals surface area contributed by atoms with Crippen LogP contribution in [0.25, 0.3) is 0 Å². The van der Waals surface area contributed by atoms with Gasteiger partial charge in [-0.05, 0) is 80.9 Å². The maximum Gasteiger partial charge on any atom is 0.308 e. The van der Waals surface area contributed by atoms with Gasteiger partial charge in [-0.3, -0.25) is 9.59 Å². The van der Waals surface area contributed by atoms with Crippen LogP contribution in [0.3, 0.4) is 0 Å². The highest BCUT2D eigenvalue weighted by molar-refractivity contribution is 5.94. The number of hydrogen-bond donors (Lipinski definition) is 0. The summed E-state index contributed by atoms with van der Waals surface area (Å²) in [5, 5.41) is 0. The molecule has 4 rings (SSSR count). The van der Waals surface area contributed by atoms with E-state index in [4.69, 9.17) is 4.74 Å². The molecule has 2 fully saturated rings. The van der Waals surface area contributed by atoms with Crippen LogP contribution < -0.4 is 4.74 Å². The third kappa shape index (κ3) is 5.20. The van der Waals surface area contributed by atoms with E-state index in [2.05, 4.69) is 42.8 Å². The van der Waals surface area contributed by atoms with Gasteiger partial charge in [-0.25, -0.2) is 0 Å². The molecule has 2 aromatic rings. The lowest BCUT2D eigenvalue weighted by atomic mass is 9.57. The summed E-state index contributed by atoms with van der Waals surface area (Å²) in [4.78, 5) is 29.8. The average Bonchev–Trinajstić information content (AvgIpc) is 2.82. The number of piperidine rings is 1. The third-order valence-electron chi connectivity index (χ3n) is 7.66. The summed E-state index contributed by atoms with van der Waals surface area (Å²) in [6.07, 6.45) is 4.10. The molecule has 5 heteroatoms. The van der Waals surface area contributed by atoms with Crippen LogP contribution in [-0.4, -0.2) is 54.4 Å². The molecule has 1 amide bonds. The second-order valence-corrected chi connectivity index (χ2v) is 10.6. The van der Waals surface area contributed by atoms with Crippen molar-refractivity contribution in [3.05, 3.63) is 65.7 Å². The van der Waals surface area contributed by atoms with Crippen LogP contribution in [0.5, 0.6) is 5.75 Å². The average molecular weight is 463 g/mol. The van der Waals surface area contributed by atoms with Gasteiger partial charge in [-0.2, -0.15) is 0 Å². The van der Waals surface area contributed by atoms with E-state index in [1.807, 2.05) is 42.5 Å². The van der Waals surface area contributed by atoms with Gasteiger partial charge in [0.25, 0.3) is 5.91 Å². The van der Waals surface area contributed by atoms with Crippen molar-refractivity contribution in [2.75, 3.05) is 26.7 Å². The zero-order valence-corrected chi connectivity index (χ0v) is 21.0. The summed E-state index contributed by atoms with van der Waals surface area (Å²) in [6.45, 7) is 8.65. The fraction of sp³-hybridized carbons (Fsp3) is 0.517. The monoisotopic (exact) mass is 462 g/mol. The number of rotatable bonds is 6. The highest BCUT2D eigenvalue weighted by Crippen LogP contribution is 2.50. The molecule has 2 aliphatic rings. The molecule has 1 saturated heterocycles. The van der Waals surface area contributed by atoms with Gasteiger partial charge in [-0.15, -0.1) is 0 Å². The van der Waals surface area contributed by atoms with E-state index in [0.717, 1.165) is 50.9 Å². The molecule has 3 atom stereocenters. The van der Waals surface area contributed by atoms with Crippen LogP contribution >= 0.6 is 0 Å². The number of benzene rings is 2. The van der Waals surface area contributed by atoms with Crippen LogP contribution in [0.2, 0.25) is 0 Å². The summed E-state index contributed by atoms with van der Waals surface area (Å²) < 4.78 is 5.45. The van der Waals surface area contributed by atoms with Crippen molar-refractivity contribution >= 4 is 11.9 Å². The summed E-state index contributed by atoms with van der Waals surface area (Å²) in [6, 6.07) is 18.0. The smallest absolute Gasteiger partial charge is 0.308 e. The number of fused-ring (bicyclic) bond motifs is 1. The van der Waals surface area contributed by atoms with Crippen molar-refractivity contribution in [2.45, 2.75) is 57.9 Å². The Kier molecular flexibility index (Phi) is 7.42. The first-order valence-corrected chi connectivity index (χ1v) is 12.6. The number of ether oxygens (including phenoxy) is 1. The Labute approximate surface area is 204 Å². The second-order valence-electron chi connectivity index (χ2n) is 10.6. The van der Waals surface area contributed by atoms with E-state index in [0.29, 0.717) is 17.6 Å². The standard InChI is InChI=1S/C29H38N2O3/c1-21(2)19-31(28(33)23-9-6-5-7-10-23)26-14-13-25-20-30(4)16-15-29(25,18-26)24-11-8-12-27(17-24)34-22(3)32/h5-12,17,21,25-26H,13-16,18-20H2,1-4H3/t25-,26+,29+/m1/s1. The van der Waals surface area contributed by atoms with Gasteiger partial charge in [-0.1, -0.05) is 44.2 Å². The molecule has 1 heterocycles. The van der Waals surface area contributed by atoms with E-state index in [9.17, 15) is 9.59 Å². The molecular weight excluding hydrogens is 424 g/mol. The van der Waals surface area contributed by atoms with E-state index < -0.39 is 0 Å². The molecule has 0 radical (unpaired) electrons. The van der Waals surface area contributed by atoms with Crippen molar-refractivity contribution in [3.8, 4) is 5.75 Å². The van der Waals surface area contributed by atoms with E-state index in [1.165, 1.54) is 12.5 Å². The minimum absolute atomic E-state index is 0.0300. The molecule has 34 heavy (non-hydrogen) atoms. The largest absolute Gasteiger partial charge is 0.427 e. The number of carbonyl (C=O) groups is 2. The molecule has 0 N–H and O–H groups in total. The summed E-state index contributed by atoms with van der Waals surface area (Å²) >= 11 is 0. The lowest BCUT2D eigenvalue weighted by molar-refractivity contribution is -0.131. The highest BCUT2D eigenvalue weighted by Gasteiger charge is 2.49. The Bertz CT molecular complexity index is 1010. The van der Waals surface area contributed by atoms with Gasteiger partial charge < -0.3 is 14.5 Å². The van der Waals surface area contributed by atoms with Crippen LogP contribution in [0.4, 0.5) is 0 Å². The Hall–Kier alpha value is -2.66. The lowest BCUT2D eigenvalue weighted by Gasteiger charge is -2.54. The van der Waals surface area contributed by atoms with Gasteiger partial charge in [0.1, 0.15) is 5.75 Å². The minimum atomic E-state index is -0.298. The lowest BCUT2D eigenvalue weighted by Crippen LogP contribution is -2.56. The molecule has 2 aromatic carbocycles. The van der Waals surface area contributed by atoms with Gasteiger partial charge >= 0.3 is 5.97 Å². The van der Waals surface area contributed by atoms with E-state index in [-0.39, 0.29) is 23.3 Å². The minimum Gasteiger partial charge on any atom is -0.427 e. The van der Waals surface area contributed by atoms with Gasteiger partial charge in [0.15, 0.2) is 0 Å². The van der Waals surface area contributed by atoms with Crippen LogP contribution in [0, 0.1) is 11.8 Å². The van der Waals surface area contributed by atoms with Crippen molar-refractivity contribution in [3.63, 3.8) is 0 Å². The number of hydrogen-bond acceptors (Lipinski definition) is 4. The molecule has 0 aromatic heterocycles. The molecule has 182 valence electrons. The van der Waals surface area contributed by atoms with Crippen LogP contribution in [0.15, 0.2) is 54.6 Å². The van der Waals surface area contributed by atoms with Crippen LogP contribution in [-0.2, 0) is 10.2 Å². The highest BCUT2D eigenvalue weighted by atomic mass is 16.5. The summed E-state index contributed by atoms with van der Waals surface area (Å²) in [5.41, 5.74) is 1.97. The number of amides is 1. The predicted octanol–water partition coefficient (Wildman–Crippen LogP) is 5.15. The van der Waals surface area contributed by atoms with Crippen LogP contribution in [0.1, 0.15) is 62.4 Å². The molecular formula is C29H38N2O3. The Morgan fingerprint density at radius 3 is 2.59 bits per heavy atom. The normalized spacial score (nSPS) is 25.0. The Balaban J connectivity index is 1.69. The van der Waals surface area contributed by atoms with Crippen molar-refractivity contribution in [1.29, 1.82) is 0 Å². The molecule has 5 nitrogen and oxygen atoms in total. The molecule has 1 saturated carbocycles. The second kappa shape index (κ2) is 10.3. The quantitative estimate of drug-likeness (QED) is 0.440. The maximum absolute atomic E-state index is 13.7. The molecule has 0 bridgehead atoms. The zero-order valence-electron chi connectivity index (χ0n) is 21.0. The molecule has 0 unspecified atom stereocenters. The van der Waals surface area contributed by atoms with Gasteiger partial charge in [0, 0.05) is 37.0 Å². The van der Waals surface area contributed by atoms with E-state index >= 15 is 0 Å². The topological polar surface area (TPSA) is 49.9 Å².